The SMILES string of the molecule is O=C(/C=C\c1ccc2c(c1)CCO2)NC1CCN(c2ccccn2)CC1. The van der Waals surface area contributed by atoms with Gasteiger partial charge in [-0.05, 0) is 54.3 Å². The molecule has 2 aliphatic heterocycles. The molecule has 1 fully saturated rings. The number of piperidine rings is 1. The van der Waals surface area contributed by atoms with E-state index < -0.39 is 0 Å². The molecule has 0 unspecified atom stereocenters. The number of hydrogen-bond acceptors (Lipinski definition) is 4. The Balaban J connectivity index is 1.28. The van der Waals surface area contributed by atoms with E-state index in [1.807, 2.05) is 42.6 Å². The minimum absolute atomic E-state index is 0.0296. The van der Waals surface area contributed by atoms with E-state index >= 15 is 0 Å². The van der Waals surface area contributed by atoms with E-state index in [4.69, 9.17) is 4.74 Å². The van der Waals surface area contributed by atoms with Crippen molar-refractivity contribution >= 4 is 17.8 Å². The van der Waals surface area contributed by atoms with Gasteiger partial charge in [-0.25, -0.2) is 4.98 Å². The van der Waals surface area contributed by atoms with Crippen LogP contribution in [0, 0.1) is 0 Å². The summed E-state index contributed by atoms with van der Waals surface area (Å²) in [6.45, 7) is 2.58. The van der Waals surface area contributed by atoms with Gasteiger partial charge in [0.1, 0.15) is 11.6 Å². The second-order valence-electron chi connectivity index (χ2n) is 6.76. The Labute approximate surface area is 153 Å². The first-order chi connectivity index (χ1) is 12.8. The predicted molar refractivity (Wildman–Crippen MR) is 102 cm³/mol. The zero-order chi connectivity index (χ0) is 17.8. The molecular formula is C21H23N3O2. The molecule has 0 bridgehead atoms. The molecule has 0 radical (unpaired) electrons. The Morgan fingerprint density at radius 2 is 2.12 bits per heavy atom. The van der Waals surface area contributed by atoms with Crippen LogP contribution in [-0.4, -0.2) is 36.6 Å². The number of benzene rings is 1. The summed E-state index contributed by atoms with van der Waals surface area (Å²) in [5.74, 6) is 1.95. The molecule has 5 heteroatoms. The zero-order valence-corrected chi connectivity index (χ0v) is 14.7. The second kappa shape index (κ2) is 7.60. The fourth-order valence-electron chi connectivity index (χ4n) is 3.53. The highest BCUT2D eigenvalue weighted by Gasteiger charge is 2.20. The van der Waals surface area contributed by atoms with E-state index in [2.05, 4.69) is 21.3 Å². The fraction of sp³-hybridized carbons (Fsp3) is 0.333. The van der Waals surface area contributed by atoms with E-state index in [-0.39, 0.29) is 11.9 Å². The minimum atomic E-state index is -0.0296. The summed E-state index contributed by atoms with van der Waals surface area (Å²) in [5.41, 5.74) is 2.25. The summed E-state index contributed by atoms with van der Waals surface area (Å²) in [5, 5.41) is 3.12. The lowest BCUT2D eigenvalue weighted by molar-refractivity contribution is -0.117. The number of fused-ring (bicyclic) bond motifs is 1. The predicted octanol–water partition coefficient (Wildman–Crippen LogP) is 2.81. The van der Waals surface area contributed by atoms with Gasteiger partial charge in [0.25, 0.3) is 0 Å². The van der Waals surface area contributed by atoms with Gasteiger partial charge in [-0.1, -0.05) is 12.1 Å². The van der Waals surface area contributed by atoms with Crippen LogP contribution in [0.25, 0.3) is 6.08 Å². The maximum atomic E-state index is 12.2. The molecule has 2 aliphatic rings. The van der Waals surface area contributed by atoms with Crippen molar-refractivity contribution in [3.05, 3.63) is 59.8 Å². The van der Waals surface area contributed by atoms with Crippen LogP contribution in [0.5, 0.6) is 5.75 Å². The molecule has 1 N–H and O–H groups in total. The lowest BCUT2D eigenvalue weighted by Gasteiger charge is -2.32. The number of anilines is 1. The Hall–Kier alpha value is -2.82. The van der Waals surface area contributed by atoms with Crippen molar-refractivity contribution in [2.75, 3.05) is 24.6 Å². The van der Waals surface area contributed by atoms with Gasteiger partial charge in [-0.3, -0.25) is 4.79 Å². The normalized spacial score (nSPS) is 17.2. The smallest absolute Gasteiger partial charge is 0.244 e. The van der Waals surface area contributed by atoms with E-state index in [0.717, 1.165) is 56.1 Å². The average Bonchev–Trinajstić information content (AvgIpc) is 3.15. The van der Waals surface area contributed by atoms with Crippen molar-refractivity contribution in [2.45, 2.75) is 25.3 Å². The summed E-state index contributed by atoms with van der Waals surface area (Å²) >= 11 is 0. The largest absolute Gasteiger partial charge is 0.493 e. The lowest BCUT2D eigenvalue weighted by atomic mass is 10.0. The second-order valence-corrected chi connectivity index (χ2v) is 6.76. The van der Waals surface area contributed by atoms with E-state index in [0.29, 0.717) is 0 Å². The molecule has 0 spiro atoms. The van der Waals surface area contributed by atoms with Gasteiger partial charge < -0.3 is 15.0 Å². The quantitative estimate of drug-likeness (QED) is 0.863. The van der Waals surface area contributed by atoms with Crippen molar-refractivity contribution in [2.24, 2.45) is 0 Å². The number of carbonyl (C=O) groups excluding carboxylic acids is 1. The van der Waals surface area contributed by atoms with Gasteiger partial charge in [0.15, 0.2) is 0 Å². The summed E-state index contributed by atoms with van der Waals surface area (Å²) in [6, 6.07) is 12.2. The Bertz CT molecular complexity index is 796. The number of nitrogens with one attached hydrogen (secondary N) is 1. The number of carbonyl (C=O) groups is 1. The molecule has 0 saturated carbocycles. The molecule has 26 heavy (non-hydrogen) atoms. The monoisotopic (exact) mass is 349 g/mol. The van der Waals surface area contributed by atoms with Gasteiger partial charge in [0.05, 0.1) is 6.61 Å². The molecule has 5 nitrogen and oxygen atoms in total. The van der Waals surface area contributed by atoms with Gasteiger partial charge in [0.2, 0.25) is 5.91 Å². The van der Waals surface area contributed by atoms with Crippen LogP contribution < -0.4 is 15.0 Å². The molecule has 1 aromatic carbocycles. The number of aromatic nitrogens is 1. The summed E-state index contributed by atoms with van der Waals surface area (Å²) in [7, 11) is 0. The van der Waals surface area contributed by atoms with Crippen molar-refractivity contribution < 1.29 is 9.53 Å². The molecule has 1 aromatic heterocycles. The molecule has 3 heterocycles. The number of nitrogens with zero attached hydrogens (tertiary/aromatic N) is 2. The molecule has 1 saturated heterocycles. The first kappa shape index (κ1) is 16.6. The number of pyridine rings is 1. The Morgan fingerprint density at radius 1 is 1.23 bits per heavy atom. The third-order valence-electron chi connectivity index (χ3n) is 4.96. The standard InChI is InChI=1S/C21H23N3O2/c25-21(7-5-16-4-6-19-17(15-16)10-14-26-19)23-18-8-12-24(13-9-18)20-3-1-2-11-22-20/h1-7,11,15,18H,8-10,12-14H2,(H,23,25)/b7-5-. The molecule has 2 aromatic rings. The van der Waals surface area contributed by atoms with Crippen molar-refractivity contribution in [1.29, 1.82) is 0 Å². The molecule has 4 rings (SSSR count). The molecular weight excluding hydrogens is 326 g/mol. The minimum Gasteiger partial charge on any atom is -0.493 e. The van der Waals surface area contributed by atoms with E-state index in [1.165, 1.54) is 5.56 Å². The van der Waals surface area contributed by atoms with Crippen LogP contribution in [-0.2, 0) is 11.2 Å². The summed E-state index contributed by atoms with van der Waals surface area (Å²) in [4.78, 5) is 18.9. The summed E-state index contributed by atoms with van der Waals surface area (Å²) < 4.78 is 5.51. The van der Waals surface area contributed by atoms with E-state index in [9.17, 15) is 4.79 Å². The third-order valence-corrected chi connectivity index (χ3v) is 4.96. The van der Waals surface area contributed by atoms with Crippen LogP contribution in [0.2, 0.25) is 0 Å². The molecule has 0 aliphatic carbocycles. The molecule has 1 amide bonds. The highest BCUT2D eigenvalue weighted by Crippen LogP contribution is 2.26. The van der Waals surface area contributed by atoms with Gasteiger partial charge in [-0.15, -0.1) is 0 Å². The zero-order valence-electron chi connectivity index (χ0n) is 14.7. The van der Waals surface area contributed by atoms with Crippen LogP contribution >= 0.6 is 0 Å². The molecule has 0 atom stereocenters. The lowest BCUT2D eigenvalue weighted by Crippen LogP contribution is -2.44. The maximum Gasteiger partial charge on any atom is 0.244 e. The van der Waals surface area contributed by atoms with Crippen LogP contribution in [0.15, 0.2) is 48.7 Å². The highest BCUT2D eigenvalue weighted by molar-refractivity contribution is 5.92. The fourth-order valence-corrected chi connectivity index (χ4v) is 3.53. The first-order valence-electron chi connectivity index (χ1n) is 9.18. The topological polar surface area (TPSA) is 54.5 Å². The number of rotatable bonds is 4. The Kier molecular flexibility index (Phi) is 4.86. The van der Waals surface area contributed by atoms with Crippen LogP contribution in [0.4, 0.5) is 5.82 Å². The van der Waals surface area contributed by atoms with Crippen LogP contribution in [0.3, 0.4) is 0 Å². The first-order valence-corrected chi connectivity index (χ1v) is 9.18. The summed E-state index contributed by atoms with van der Waals surface area (Å²) in [6.07, 6.45) is 8.13. The van der Waals surface area contributed by atoms with Crippen molar-refractivity contribution in [3.8, 4) is 5.75 Å². The highest BCUT2D eigenvalue weighted by atomic mass is 16.5. The Morgan fingerprint density at radius 3 is 2.92 bits per heavy atom. The maximum absolute atomic E-state index is 12.2. The van der Waals surface area contributed by atoms with Crippen molar-refractivity contribution in [1.82, 2.24) is 10.3 Å². The molecule has 134 valence electrons. The number of hydrogen-bond donors (Lipinski definition) is 1. The van der Waals surface area contributed by atoms with Gasteiger partial charge >= 0.3 is 0 Å². The van der Waals surface area contributed by atoms with Gasteiger partial charge in [0, 0.05) is 37.8 Å². The van der Waals surface area contributed by atoms with Crippen LogP contribution in [0.1, 0.15) is 24.0 Å². The van der Waals surface area contributed by atoms with E-state index in [1.54, 1.807) is 6.08 Å². The number of amides is 1. The average molecular weight is 349 g/mol. The van der Waals surface area contributed by atoms with Gasteiger partial charge in [-0.2, -0.15) is 0 Å². The number of ether oxygens (including phenoxy) is 1. The third kappa shape index (κ3) is 3.87. The van der Waals surface area contributed by atoms with Crippen molar-refractivity contribution in [3.63, 3.8) is 0 Å².